The monoisotopic (exact) mass is 829 g/mol. The van der Waals surface area contributed by atoms with Gasteiger partial charge in [-0.05, 0) is 167 Å². The topological polar surface area (TPSA) is 85.5 Å². The van der Waals surface area contributed by atoms with E-state index < -0.39 is 6.10 Å². The van der Waals surface area contributed by atoms with E-state index in [-0.39, 0.29) is 17.7 Å². The van der Waals surface area contributed by atoms with Gasteiger partial charge in [-0.1, -0.05) is 30.3 Å². The Morgan fingerprint density at radius 1 is 0.613 bits per heavy atom. The van der Waals surface area contributed by atoms with Crippen molar-refractivity contribution in [3.05, 3.63) is 149 Å². The molecule has 1 N–H and O–H groups in total. The Labute approximate surface area is 363 Å². The molecule has 9 heteroatoms. The molecular weight excluding hydrogens is 777 g/mol. The van der Waals surface area contributed by atoms with Crippen molar-refractivity contribution in [1.82, 2.24) is 9.97 Å². The summed E-state index contributed by atoms with van der Waals surface area (Å²) in [6.07, 6.45) is 6.41. The van der Waals surface area contributed by atoms with Crippen LogP contribution in [0.5, 0.6) is 5.75 Å². The first-order valence-electron chi connectivity index (χ1n) is 21.8. The Morgan fingerprint density at radius 3 is 1.55 bits per heavy atom. The Bertz CT molecular complexity index is 2740. The summed E-state index contributed by atoms with van der Waals surface area (Å²) in [7, 11) is 0. The molecule has 7 nitrogen and oxygen atoms in total. The number of halogens is 2. The fraction of sp³-hybridized carbons (Fsp3) is 0.302. The van der Waals surface area contributed by atoms with Crippen molar-refractivity contribution >= 4 is 33.2 Å². The molecule has 5 aromatic carbocycles. The van der Waals surface area contributed by atoms with Crippen molar-refractivity contribution in [3.8, 4) is 34.1 Å². The maximum absolute atomic E-state index is 13.9. The van der Waals surface area contributed by atoms with Gasteiger partial charge in [-0.2, -0.15) is 5.26 Å². The molecule has 0 spiro atoms. The van der Waals surface area contributed by atoms with E-state index in [1.54, 1.807) is 31.2 Å². The Kier molecular flexibility index (Phi) is 12.8. The number of benzene rings is 5. The minimum Gasteiger partial charge on any atom is -0.486 e. The molecule has 2 saturated heterocycles. The van der Waals surface area contributed by atoms with E-state index >= 15 is 0 Å². The van der Waals surface area contributed by atoms with E-state index in [1.165, 1.54) is 74.2 Å². The molecule has 2 aliphatic heterocycles. The fourth-order valence-corrected chi connectivity index (χ4v) is 9.24. The Morgan fingerprint density at radius 2 is 1.08 bits per heavy atom. The smallest absolute Gasteiger partial charge is 0.123 e. The molecule has 0 aliphatic carbocycles. The van der Waals surface area contributed by atoms with Gasteiger partial charge in [0.15, 0.2) is 0 Å². The zero-order valence-corrected chi connectivity index (χ0v) is 36.0. The highest BCUT2D eigenvalue weighted by molar-refractivity contribution is 6.00. The minimum atomic E-state index is -0.652. The van der Waals surface area contributed by atoms with Crippen LogP contribution in [0.2, 0.25) is 0 Å². The lowest BCUT2D eigenvalue weighted by Gasteiger charge is -2.29. The molecule has 9 rings (SSSR count). The van der Waals surface area contributed by atoms with Crippen LogP contribution in [-0.2, 0) is 0 Å². The normalized spacial score (nSPS) is 15.1. The summed E-state index contributed by atoms with van der Waals surface area (Å²) < 4.78 is 33.7. The van der Waals surface area contributed by atoms with Crippen molar-refractivity contribution in [3.63, 3.8) is 0 Å². The quantitative estimate of drug-likeness (QED) is 0.163. The van der Waals surface area contributed by atoms with E-state index in [0.717, 1.165) is 92.8 Å². The van der Waals surface area contributed by atoms with Crippen molar-refractivity contribution in [2.24, 2.45) is 0 Å². The molecule has 2 unspecified atom stereocenters. The van der Waals surface area contributed by atoms with Crippen LogP contribution in [-0.4, -0.2) is 41.3 Å². The average Bonchev–Trinajstić information content (AvgIpc) is 3.29. The number of aromatic nitrogens is 2. The summed E-state index contributed by atoms with van der Waals surface area (Å²) >= 11 is 0. The summed E-state index contributed by atoms with van der Waals surface area (Å²) in [4.78, 5) is 14.5. The van der Waals surface area contributed by atoms with E-state index in [4.69, 9.17) is 14.7 Å². The van der Waals surface area contributed by atoms with Crippen LogP contribution in [0.4, 0.5) is 20.2 Å². The largest absolute Gasteiger partial charge is 0.486 e. The first-order valence-corrected chi connectivity index (χ1v) is 21.8. The lowest BCUT2D eigenvalue weighted by Crippen LogP contribution is -2.29. The molecule has 0 amide bonds. The molecule has 7 aromatic rings. The van der Waals surface area contributed by atoms with Gasteiger partial charge in [0.2, 0.25) is 0 Å². The second kappa shape index (κ2) is 18.7. The number of hydrogen-bond acceptors (Lipinski definition) is 7. The molecule has 2 aliphatic rings. The number of pyridine rings is 2. The van der Waals surface area contributed by atoms with Gasteiger partial charge in [-0.15, -0.1) is 0 Å². The molecule has 2 aromatic heterocycles. The molecular formula is C53H53F2N5O2. The van der Waals surface area contributed by atoms with Crippen LogP contribution in [0.3, 0.4) is 0 Å². The second-order valence-electron chi connectivity index (χ2n) is 16.6. The number of aliphatic hydroxyl groups is 1. The van der Waals surface area contributed by atoms with Crippen molar-refractivity contribution in [2.45, 2.75) is 78.4 Å². The third-order valence-electron chi connectivity index (χ3n) is 12.2. The summed E-state index contributed by atoms with van der Waals surface area (Å²) in [5.74, 6) is 0.0987. The molecule has 0 radical (unpaired) electrons. The second-order valence-corrected chi connectivity index (χ2v) is 16.6. The predicted molar refractivity (Wildman–Crippen MR) is 247 cm³/mol. The van der Waals surface area contributed by atoms with Gasteiger partial charge < -0.3 is 19.6 Å². The van der Waals surface area contributed by atoms with Crippen LogP contribution >= 0.6 is 0 Å². The van der Waals surface area contributed by atoms with E-state index in [0.29, 0.717) is 11.3 Å². The average molecular weight is 830 g/mol. The number of nitrogens with zero attached hydrogens (tertiary/aromatic N) is 5. The zero-order chi connectivity index (χ0) is 43.3. The highest BCUT2D eigenvalue weighted by atomic mass is 19.1. The third kappa shape index (κ3) is 9.12. The number of aliphatic hydroxyl groups excluding tert-OH is 1. The molecule has 62 heavy (non-hydrogen) atoms. The van der Waals surface area contributed by atoms with E-state index in [2.05, 4.69) is 52.3 Å². The maximum Gasteiger partial charge on any atom is 0.123 e. The highest BCUT2D eigenvalue weighted by Crippen LogP contribution is 2.41. The van der Waals surface area contributed by atoms with Gasteiger partial charge in [-0.3, -0.25) is 9.97 Å². The van der Waals surface area contributed by atoms with E-state index in [1.807, 2.05) is 45.0 Å². The zero-order valence-electron chi connectivity index (χ0n) is 36.0. The number of ether oxygens (including phenoxy) is 1. The number of piperidine rings is 2. The molecule has 316 valence electrons. The highest BCUT2D eigenvalue weighted by Gasteiger charge is 2.23. The van der Waals surface area contributed by atoms with Crippen LogP contribution in [0.15, 0.2) is 109 Å². The number of nitriles is 1. The van der Waals surface area contributed by atoms with Gasteiger partial charge >= 0.3 is 0 Å². The first-order chi connectivity index (χ1) is 30.1. The lowest BCUT2D eigenvalue weighted by molar-refractivity contribution is 0.199. The maximum atomic E-state index is 13.9. The van der Waals surface area contributed by atoms with Crippen LogP contribution in [0.25, 0.3) is 44.1 Å². The first kappa shape index (κ1) is 42.3. The van der Waals surface area contributed by atoms with Gasteiger partial charge in [0.1, 0.15) is 23.5 Å². The summed E-state index contributed by atoms with van der Waals surface area (Å²) in [5.41, 5.74) is 12.0. The van der Waals surface area contributed by atoms with Crippen molar-refractivity contribution in [2.75, 3.05) is 36.0 Å². The van der Waals surface area contributed by atoms with Gasteiger partial charge in [-0.25, -0.2) is 8.78 Å². The standard InChI is InChI=1S/C30H28FN3O.C23H25FN2O/c1-20-29(21(2)35-26-8-6-7-22(17-26)19-32)30(23-9-11-24(31)12-10-23)27-18-25(13-14-28(27)33-20)34-15-4-3-5-16-34;1-15-22(16(2)27)23(17-6-8-18(24)9-7-17)20-14-19(10-11-21(20)25-15)26-12-4-3-5-13-26/h6-14,17-18,21H,3-5,15-16H2,1-2H3;6-11,14,16,27H,3-5,12-13H2,1-2H3. The SMILES string of the molecule is Cc1nc2ccc(N3CCCCC3)cc2c(-c2ccc(F)cc2)c1C(C)O.Cc1nc2ccc(N3CCCCC3)cc2c(-c2ccc(F)cc2)c1C(C)Oc1cccc(C#N)c1. The van der Waals surface area contributed by atoms with Crippen molar-refractivity contribution in [1.29, 1.82) is 5.26 Å². The van der Waals surface area contributed by atoms with Crippen LogP contribution < -0.4 is 14.5 Å². The molecule has 2 atom stereocenters. The fourth-order valence-electron chi connectivity index (χ4n) is 9.24. The Hall–Kier alpha value is -6.37. The summed E-state index contributed by atoms with van der Waals surface area (Å²) in [6, 6.07) is 35.3. The molecule has 0 bridgehead atoms. The Balaban J connectivity index is 0.000000176. The number of hydrogen-bond donors (Lipinski definition) is 1. The molecule has 2 fully saturated rings. The van der Waals surface area contributed by atoms with Crippen molar-refractivity contribution < 1.29 is 18.6 Å². The summed E-state index contributed by atoms with van der Waals surface area (Å²) in [6.45, 7) is 11.9. The lowest BCUT2D eigenvalue weighted by atomic mass is 9.91. The molecule has 4 heterocycles. The van der Waals surface area contributed by atoms with Crippen LogP contribution in [0, 0.1) is 36.8 Å². The van der Waals surface area contributed by atoms with E-state index in [9.17, 15) is 19.1 Å². The van der Waals surface area contributed by atoms with Gasteiger partial charge in [0.05, 0.1) is 28.8 Å². The van der Waals surface area contributed by atoms with Crippen LogP contribution in [0.1, 0.15) is 92.7 Å². The summed E-state index contributed by atoms with van der Waals surface area (Å²) in [5, 5.41) is 21.8. The van der Waals surface area contributed by atoms with Gasteiger partial charge in [0, 0.05) is 70.8 Å². The number of fused-ring (bicyclic) bond motifs is 2. The number of rotatable bonds is 8. The van der Waals surface area contributed by atoms with Gasteiger partial charge in [0.25, 0.3) is 0 Å². The molecule has 0 saturated carbocycles. The number of anilines is 2. The minimum absolute atomic E-state index is 0.263. The predicted octanol–water partition coefficient (Wildman–Crippen LogP) is 12.7. The third-order valence-corrected chi connectivity index (χ3v) is 12.2. The number of aryl methyl sites for hydroxylation is 2.